The lowest BCUT2D eigenvalue weighted by atomic mass is 10.1. The van der Waals surface area contributed by atoms with Gasteiger partial charge in [-0.05, 0) is 39.3 Å². The summed E-state index contributed by atoms with van der Waals surface area (Å²) in [5.74, 6) is 0.325. The molecule has 0 aliphatic rings. The largest absolute Gasteiger partial charge is 0.496 e. The molecule has 3 nitrogen and oxygen atoms in total. The Morgan fingerprint density at radius 2 is 1.88 bits per heavy atom. The maximum atomic E-state index is 11.4. The third-order valence-electron chi connectivity index (χ3n) is 3.53. The lowest BCUT2D eigenvalue weighted by Gasteiger charge is -2.10. The number of ether oxygens (including phenoxy) is 2. The van der Waals surface area contributed by atoms with Crippen molar-refractivity contribution >= 4 is 35.2 Å². The Balaban J connectivity index is 2.89. The molecule has 0 aromatic heterocycles. The quantitative estimate of drug-likeness (QED) is 0.307. The Morgan fingerprint density at radius 1 is 1.19 bits per heavy atom. The number of allylic oxidation sites excluding steroid dienone is 6. The van der Waals surface area contributed by atoms with E-state index < -0.39 is 0 Å². The molecule has 1 rings (SSSR count). The van der Waals surface area contributed by atoms with Crippen LogP contribution in [0.5, 0.6) is 5.75 Å². The maximum absolute atomic E-state index is 11.4. The predicted molar refractivity (Wildman–Crippen MR) is 110 cm³/mol. The highest BCUT2D eigenvalue weighted by Gasteiger charge is 2.11. The first-order valence-electron chi connectivity index (χ1n) is 8.20. The van der Waals surface area contributed by atoms with Gasteiger partial charge >= 0.3 is 5.97 Å². The van der Waals surface area contributed by atoms with Gasteiger partial charge < -0.3 is 9.47 Å². The molecule has 0 unspecified atom stereocenters. The first-order valence-corrected chi connectivity index (χ1v) is 8.96. The number of benzene rings is 1. The second kappa shape index (κ2) is 10.9. The third-order valence-corrected chi connectivity index (χ3v) is 4.33. The van der Waals surface area contributed by atoms with Gasteiger partial charge in [-0.25, -0.2) is 4.79 Å². The number of rotatable bonds is 7. The summed E-state index contributed by atoms with van der Waals surface area (Å²) in [6.07, 6.45) is 10.9. The van der Waals surface area contributed by atoms with E-state index >= 15 is 0 Å². The summed E-state index contributed by atoms with van der Waals surface area (Å²) in [5, 5.41) is 1.10. The number of halogens is 2. The van der Waals surface area contributed by atoms with Gasteiger partial charge in [0.05, 0.1) is 23.8 Å². The van der Waals surface area contributed by atoms with Crippen LogP contribution in [0, 0.1) is 6.92 Å². The van der Waals surface area contributed by atoms with Gasteiger partial charge in [-0.3, -0.25) is 0 Å². The van der Waals surface area contributed by atoms with E-state index in [4.69, 9.17) is 32.7 Å². The number of carbonyl (C=O) groups excluding carboxylic acids is 1. The molecule has 0 amide bonds. The van der Waals surface area contributed by atoms with Crippen molar-refractivity contribution in [2.24, 2.45) is 0 Å². The molecule has 0 N–H and O–H groups in total. The van der Waals surface area contributed by atoms with E-state index in [0.717, 1.165) is 22.3 Å². The summed E-state index contributed by atoms with van der Waals surface area (Å²) in [6, 6.07) is 1.75. The van der Waals surface area contributed by atoms with E-state index in [2.05, 4.69) is 0 Å². The minimum atomic E-state index is -0.339. The van der Waals surface area contributed by atoms with Crippen molar-refractivity contribution in [2.45, 2.75) is 27.7 Å². The monoisotopic (exact) mass is 394 g/mol. The molecular weight excluding hydrogens is 371 g/mol. The molecule has 140 valence electrons. The predicted octanol–water partition coefficient (Wildman–Crippen LogP) is 6.34. The number of methoxy groups -OCH3 is 1. The second-order valence-electron chi connectivity index (χ2n) is 5.66. The average molecular weight is 395 g/mol. The van der Waals surface area contributed by atoms with E-state index in [-0.39, 0.29) is 5.97 Å². The van der Waals surface area contributed by atoms with Crippen LogP contribution in [0.25, 0.3) is 6.08 Å². The highest BCUT2D eigenvalue weighted by Crippen LogP contribution is 2.35. The van der Waals surface area contributed by atoms with Crippen molar-refractivity contribution < 1.29 is 14.3 Å². The minimum absolute atomic E-state index is 0.339. The van der Waals surface area contributed by atoms with Crippen LogP contribution in [-0.4, -0.2) is 19.7 Å². The van der Waals surface area contributed by atoms with Gasteiger partial charge in [0.2, 0.25) is 0 Å². The first kappa shape index (κ1) is 22.1. The SMILES string of the molecule is CCOC(=O)/C=C(C)/C=C/C=C(C)C=Cc1c(Cl)cc(OC)c(C)c1Cl. The molecule has 0 aliphatic carbocycles. The summed E-state index contributed by atoms with van der Waals surface area (Å²) in [6.45, 7) is 7.83. The first-order chi connectivity index (χ1) is 12.3. The highest BCUT2D eigenvalue weighted by atomic mass is 35.5. The smallest absolute Gasteiger partial charge is 0.330 e. The lowest BCUT2D eigenvalue weighted by Crippen LogP contribution is -1.99. The Labute approximate surface area is 165 Å². The summed E-state index contributed by atoms with van der Waals surface area (Å²) in [5.41, 5.74) is 3.42. The zero-order chi connectivity index (χ0) is 19.7. The number of hydrogen-bond acceptors (Lipinski definition) is 3. The molecule has 0 saturated heterocycles. The summed E-state index contributed by atoms with van der Waals surface area (Å²) < 4.78 is 10.1. The molecule has 5 heteroatoms. The molecule has 0 saturated carbocycles. The minimum Gasteiger partial charge on any atom is -0.496 e. The molecule has 0 bridgehead atoms. The number of carbonyl (C=O) groups is 1. The van der Waals surface area contributed by atoms with Crippen LogP contribution in [-0.2, 0) is 9.53 Å². The van der Waals surface area contributed by atoms with E-state index in [1.807, 2.05) is 51.2 Å². The molecule has 26 heavy (non-hydrogen) atoms. The van der Waals surface area contributed by atoms with Crippen LogP contribution in [0.3, 0.4) is 0 Å². The van der Waals surface area contributed by atoms with Crippen LogP contribution in [0.4, 0.5) is 0 Å². The Kier molecular flexibility index (Phi) is 9.25. The van der Waals surface area contributed by atoms with Gasteiger partial charge in [0.1, 0.15) is 5.75 Å². The van der Waals surface area contributed by atoms with E-state index in [0.29, 0.717) is 22.4 Å². The van der Waals surface area contributed by atoms with Gasteiger partial charge in [-0.1, -0.05) is 59.2 Å². The Morgan fingerprint density at radius 3 is 2.50 bits per heavy atom. The van der Waals surface area contributed by atoms with Gasteiger partial charge in [0.15, 0.2) is 0 Å². The average Bonchev–Trinajstić information content (AvgIpc) is 2.58. The van der Waals surface area contributed by atoms with Crippen molar-refractivity contribution in [1.82, 2.24) is 0 Å². The fraction of sp³-hybridized carbons (Fsp3) is 0.286. The van der Waals surface area contributed by atoms with E-state index in [1.54, 1.807) is 20.1 Å². The molecule has 1 aromatic carbocycles. The number of hydrogen-bond donors (Lipinski definition) is 0. The molecule has 0 atom stereocenters. The highest BCUT2D eigenvalue weighted by molar-refractivity contribution is 6.38. The van der Waals surface area contributed by atoms with Crippen molar-refractivity contribution in [3.8, 4) is 5.75 Å². The standard InChI is InChI=1S/C21H24Cl2O3/c1-6-26-20(24)12-15(3)9-7-8-14(2)10-11-17-18(22)13-19(25-5)16(4)21(17)23/h7-13H,6H2,1-5H3/b9-7+,11-10?,14-8?,15-12+. The molecule has 0 radical (unpaired) electrons. The fourth-order valence-electron chi connectivity index (χ4n) is 2.12. The van der Waals surface area contributed by atoms with Gasteiger partial charge in [-0.2, -0.15) is 0 Å². The van der Waals surface area contributed by atoms with Gasteiger partial charge in [0.25, 0.3) is 0 Å². The topological polar surface area (TPSA) is 35.5 Å². The fourth-order valence-corrected chi connectivity index (χ4v) is 2.68. The lowest BCUT2D eigenvalue weighted by molar-refractivity contribution is -0.137. The normalized spacial score (nSPS) is 12.9. The zero-order valence-electron chi connectivity index (χ0n) is 15.7. The second-order valence-corrected chi connectivity index (χ2v) is 6.44. The van der Waals surface area contributed by atoms with Crippen molar-refractivity contribution in [2.75, 3.05) is 13.7 Å². The van der Waals surface area contributed by atoms with Crippen LogP contribution >= 0.6 is 23.2 Å². The van der Waals surface area contributed by atoms with Crippen LogP contribution in [0.15, 0.2) is 47.6 Å². The van der Waals surface area contributed by atoms with E-state index in [9.17, 15) is 4.79 Å². The van der Waals surface area contributed by atoms with Crippen LogP contribution in [0.2, 0.25) is 10.0 Å². The summed E-state index contributed by atoms with van der Waals surface area (Å²) in [4.78, 5) is 11.4. The molecule has 0 aliphatic heterocycles. The Hall–Kier alpha value is -1.97. The van der Waals surface area contributed by atoms with Crippen molar-refractivity contribution in [3.63, 3.8) is 0 Å². The summed E-state index contributed by atoms with van der Waals surface area (Å²) >= 11 is 12.7. The van der Waals surface area contributed by atoms with E-state index in [1.165, 1.54) is 6.08 Å². The van der Waals surface area contributed by atoms with Gasteiger partial charge in [-0.15, -0.1) is 0 Å². The summed E-state index contributed by atoms with van der Waals surface area (Å²) in [7, 11) is 1.59. The maximum Gasteiger partial charge on any atom is 0.330 e. The molecule has 0 spiro atoms. The molecule has 0 heterocycles. The van der Waals surface area contributed by atoms with Crippen molar-refractivity contribution in [3.05, 3.63) is 68.8 Å². The zero-order valence-corrected chi connectivity index (χ0v) is 17.2. The van der Waals surface area contributed by atoms with Crippen LogP contribution in [0.1, 0.15) is 31.9 Å². The molecular formula is C21H24Cl2O3. The Bertz CT molecular complexity index is 772. The van der Waals surface area contributed by atoms with Gasteiger partial charge in [0, 0.05) is 17.2 Å². The third kappa shape index (κ3) is 6.74. The van der Waals surface area contributed by atoms with Crippen LogP contribution < -0.4 is 4.74 Å². The molecule has 0 fully saturated rings. The molecule has 1 aromatic rings. The van der Waals surface area contributed by atoms with Crippen molar-refractivity contribution in [1.29, 1.82) is 0 Å². The number of esters is 1.